The normalized spacial score (nSPS) is 22.0. The van der Waals surface area contributed by atoms with E-state index in [1.807, 2.05) is 12.4 Å². The van der Waals surface area contributed by atoms with Crippen LogP contribution in [0.3, 0.4) is 0 Å². The highest BCUT2D eigenvalue weighted by atomic mass is 127. The summed E-state index contributed by atoms with van der Waals surface area (Å²) < 4.78 is 1.23. The van der Waals surface area contributed by atoms with Gasteiger partial charge in [-0.2, -0.15) is 13.5 Å². The highest BCUT2D eigenvalue weighted by Crippen LogP contribution is 2.30. The van der Waals surface area contributed by atoms with Crippen molar-refractivity contribution in [3.63, 3.8) is 0 Å². The van der Waals surface area contributed by atoms with Gasteiger partial charge in [0.05, 0.1) is 0 Å². The molecular weight excluding hydrogens is 307 g/mol. The molecule has 0 saturated carbocycles. The predicted octanol–water partition coefficient (Wildman–Crippen LogP) is 2.57. The van der Waals surface area contributed by atoms with Crippen LogP contribution in [0.1, 0.15) is 24.4 Å². The SMILES string of the molecule is CN1CCC[C@H]1c1cncc(I)c1.S. The fourth-order valence-electron chi connectivity index (χ4n) is 1.94. The second-order valence-electron chi connectivity index (χ2n) is 3.58. The minimum absolute atomic E-state index is 0. The van der Waals surface area contributed by atoms with E-state index in [4.69, 9.17) is 0 Å². The molecule has 14 heavy (non-hydrogen) atoms. The molecule has 0 aliphatic carbocycles. The van der Waals surface area contributed by atoms with Gasteiger partial charge in [-0.25, -0.2) is 0 Å². The van der Waals surface area contributed by atoms with E-state index in [0.717, 1.165) is 0 Å². The molecule has 0 amide bonds. The van der Waals surface area contributed by atoms with Crippen molar-refractivity contribution >= 4 is 36.1 Å². The monoisotopic (exact) mass is 322 g/mol. The molecule has 2 nitrogen and oxygen atoms in total. The van der Waals surface area contributed by atoms with Gasteiger partial charge >= 0.3 is 0 Å². The molecule has 2 heterocycles. The number of nitrogens with zero attached hydrogens (tertiary/aromatic N) is 2. The van der Waals surface area contributed by atoms with Gasteiger partial charge in [0.25, 0.3) is 0 Å². The van der Waals surface area contributed by atoms with Gasteiger partial charge in [-0.3, -0.25) is 9.88 Å². The molecule has 1 atom stereocenters. The summed E-state index contributed by atoms with van der Waals surface area (Å²) in [5, 5.41) is 0. The van der Waals surface area contributed by atoms with Gasteiger partial charge in [0, 0.05) is 22.0 Å². The zero-order valence-electron chi connectivity index (χ0n) is 8.20. The number of likely N-dealkylation sites (tertiary alicyclic amines) is 1. The van der Waals surface area contributed by atoms with Gasteiger partial charge in [0.15, 0.2) is 0 Å². The van der Waals surface area contributed by atoms with Crippen LogP contribution < -0.4 is 0 Å². The Hall–Kier alpha value is 0.190. The lowest BCUT2D eigenvalue weighted by atomic mass is 10.1. The van der Waals surface area contributed by atoms with Gasteiger partial charge in [-0.15, -0.1) is 0 Å². The standard InChI is InChI=1S/C10H13IN2.H2S/c1-13-4-2-3-10(13)8-5-9(11)7-12-6-8;/h5-7,10H,2-4H2,1H3;1H2/t10-;/m0./s1. The Kier molecular flexibility index (Phi) is 4.66. The van der Waals surface area contributed by atoms with Crippen LogP contribution in [-0.4, -0.2) is 23.5 Å². The Balaban J connectivity index is 0.000000980. The maximum Gasteiger partial charge on any atom is 0.0401 e. The quantitative estimate of drug-likeness (QED) is 0.739. The lowest BCUT2D eigenvalue weighted by Crippen LogP contribution is -2.17. The van der Waals surface area contributed by atoms with Crippen LogP contribution in [0.4, 0.5) is 0 Å². The third-order valence-corrected chi connectivity index (χ3v) is 3.22. The van der Waals surface area contributed by atoms with Crippen molar-refractivity contribution in [2.45, 2.75) is 18.9 Å². The first-order valence-electron chi connectivity index (χ1n) is 4.58. The van der Waals surface area contributed by atoms with Crippen molar-refractivity contribution in [3.8, 4) is 0 Å². The van der Waals surface area contributed by atoms with E-state index in [-0.39, 0.29) is 13.5 Å². The van der Waals surface area contributed by atoms with Gasteiger partial charge in [0.1, 0.15) is 0 Å². The number of pyridine rings is 1. The van der Waals surface area contributed by atoms with Crippen molar-refractivity contribution in [1.29, 1.82) is 0 Å². The van der Waals surface area contributed by atoms with Crippen LogP contribution in [-0.2, 0) is 0 Å². The third-order valence-electron chi connectivity index (χ3n) is 2.63. The zero-order chi connectivity index (χ0) is 9.26. The molecule has 0 N–H and O–H groups in total. The van der Waals surface area contributed by atoms with E-state index < -0.39 is 0 Å². The Morgan fingerprint density at radius 1 is 1.50 bits per heavy atom. The number of aromatic nitrogens is 1. The Labute approximate surface area is 106 Å². The number of hydrogen-bond donors (Lipinski definition) is 0. The Bertz CT molecular complexity index is 306. The first-order valence-corrected chi connectivity index (χ1v) is 5.66. The summed E-state index contributed by atoms with van der Waals surface area (Å²) in [6, 6.07) is 2.84. The molecule has 1 aromatic heterocycles. The van der Waals surface area contributed by atoms with E-state index in [9.17, 15) is 0 Å². The lowest BCUT2D eigenvalue weighted by Gasteiger charge is -2.19. The molecule has 0 bridgehead atoms. The molecule has 1 saturated heterocycles. The molecule has 1 aromatic rings. The smallest absolute Gasteiger partial charge is 0.0401 e. The maximum atomic E-state index is 4.23. The molecule has 1 fully saturated rings. The van der Waals surface area contributed by atoms with Crippen molar-refractivity contribution in [3.05, 3.63) is 27.6 Å². The highest BCUT2D eigenvalue weighted by molar-refractivity contribution is 14.1. The summed E-state index contributed by atoms with van der Waals surface area (Å²) in [7, 11) is 2.19. The minimum Gasteiger partial charge on any atom is -0.299 e. The average molecular weight is 322 g/mol. The summed E-state index contributed by atoms with van der Waals surface area (Å²) >= 11 is 2.32. The van der Waals surface area contributed by atoms with Crippen LogP contribution in [0, 0.1) is 3.57 Å². The van der Waals surface area contributed by atoms with Crippen LogP contribution in [0.2, 0.25) is 0 Å². The Morgan fingerprint density at radius 2 is 2.29 bits per heavy atom. The Morgan fingerprint density at radius 3 is 2.86 bits per heavy atom. The van der Waals surface area contributed by atoms with Crippen LogP contribution in [0.5, 0.6) is 0 Å². The number of rotatable bonds is 1. The second-order valence-corrected chi connectivity index (χ2v) is 4.82. The molecule has 1 aliphatic rings. The fraction of sp³-hybridized carbons (Fsp3) is 0.500. The van der Waals surface area contributed by atoms with Crippen LogP contribution in [0.15, 0.2) is 18.5 Å². The van der Waals surface area contributed by atoms with Gasteiger partial charge in [-0.1, -0.05) is 0 Å². The molecule has 0 radical (unpaired) electrons. The minimum atomic E-state index is 0. The topological polar surface area (TPSA) is 16.1 Å². The number of halogens is 1. The van der Waals surface area contributed by atoms with Crippen LogP contribution >= 0.6 is 36.1 Å². The van der Waals surface area contributed by atoms with Crippen molar-refractivity contribution in [1.82, 2.24) is 9.88 Å². The number of hydrogen-bond acceptors (Lipinski definition) is 2. The predicted molar refractivity (Wildman–Crippen MR) is 71.9 cm³/mol. The zero-order valence-corrected chi connectivity index (χ0v) is 11.4. The van der Waals surface area contributed by atoms with E-state index in [2.05, 4.69) is 45.6 Å². The summed E-state index contributed by atoms with van der Waals surface area (Å²) in [6.45, 7) is 1.22. The van der Waals surface area contributed by atoms with E-state index in [0.29, 0.717) is 6.04 Å². The van der Waals surface area contributed by atoms with Crippen LogP contribution in [0.25, 0.3) is 0 Å². The van der Waals surface area contributed by atoms with Crippen molar-refractivity contribution in [2.75, 3.05) is 13.6 Å². The molecule has 1 aliphatic heterocycles. The van der Waals surface area contributed by atoms with Crippen molar-refractivity contribution < 1.29 is 0 Å². The first-order chi connectivity index (χ1) is 6.27. The molecule has 0 unspecified atom stereocenters. The molecule has 0 aromatic carbocycles. The molecule has 0 spiro atoms. The van der Waals surface area contributed by atoms with E-state index >= 15 is 0 Å². The molecule has 78 valence electrons. The molecular formula is C10H15IN2S. The first kappa shape index (κ1) is 12.3. The lowest BCUT2D eigenvalue weighted by molar-refractivity contribution is 0.317. The van der Waals surface area contributed by atoms with E-state index in [1.165, 1.54) is 28.5 Å². The summed E-state index contributed by atoms with van der Waals surface area (Å²) in [6.07, 6.45) is 6.48. The largest absolute Gasteiger partial charge is 0.299 e. The molecule has 4 heteroatoms. The van der Waals surface area contributed by atoms with Gasteiger partial charge in [0.2, 0.25) is 0 Å². The summed E-state index contributed by atoms with van der Waals surface area (Å²) in [5.41, 5.74) is 1.37. The van der Waals surface area contributed by atoms with Gasteiger partial charge in [-0.05, 0) is 60.7 Å². The molecule has 2 rings (SSSR count). The third kappa shape index (κ3) is 2.61. The second kappa shape index (κ2) is 5.32. The highest BCUT2D eigenvalue weighted by Gasteiger charge is 2.22. The summed E-state index contributed by atoms with van der Waals surface area (Å²) in [4.78, 5) is 6.64. The fourth-order valence-corrected chi connectivity index (χ4v) is 2.46. The van der Waals surface area contributed by atoms with Crippen molar-refractivity contribution in [2.24, 2.45) is 0 Å². The average Bonchev–Trinajstić information content (AvgIpc) is 2.51. The van der Waals surface area contributed by atoms with Gasteiger partial charge < -0.3 is 0 Å². The maximum absolute atomic E-state index is 4.23. The summed E-state index contributed by atoms with van der Waals surface area (Å²) in [5.74, 6) is 0. The van der Waals surface area contributed by atoms with E-state index in [1.54, 1.807) is 0 Å².